The first kappa shape index (κ1) is 9.44. The Labute approximate surface area is 78.5 Å². The second-order valence-electron chi connectivity index (χ2n) is 2.02. The molecule has 0 bridgehead atoms. The van der Waals surface area contributed by atoms with Gasteiger partial charge in [-0.1, -0.05) is 22.9 Å². The van der Waals surface area contributed by atoms with Crippen LogP contribution in [0.4, 0.5) is 0 Å². The van der Waals surface area contributed by atoms with E-state index in [-0.39, 0.29) is 5.91 Å². The number of nitrogens with zero attached hydrogens (tertiary/aromatic N) is 1. The SMILES string of the molecule is CONC(=O)c1sc(Cl)nc1C. The van der Waals surface area contributed by atoms with Crippen LogP contribution in [0.25, 0.3) is 0 Å². The summed E-state index contributed by atoms with van der Waals surface area (Å²) in [5, 5.41) is 0. The van der Waals surface area contributed by atoms with Gasteiger partial charge in [-0.3, -0.25) is 9.63 Å². The first-order chi connectivity index (χ1) is 5.65. The number of thiazole rings is 1. The largest absolute Gasteiger partial charge is 0.286 e. The molecule has 0 aliphatic carbocycles. The summed E-state index contributed by atoms with van der Waals surface area (Å²) in [7, 11) is 1.37. The van der Waals surface area contributed by atoms with Crippen LogP contribution < -0.4 is 5.48 Å². The van der Waals surface area contributed by atoms with Crippen LogP contribution in [-0.2, 0) is 4.84 Å². The summed E-state index contributed by atoms with van der Waals surface area (Å²) >= 11 is 6.72. The quantitative estimate of drug-likeness (QED) is 0.745. The van der Waals surface area contributed by atoms with Gasteiger partial charge >= 0.3 is 0 Å². The number of halogens is 1. The monoisotopic (exact) mass is 206 g/mol. The van der Waals surface area contributed by atoms with Gasteiger partial charge in [0.2, 0.25) is 0 Å². The second kappa shape index (κ2) is 3.84. The normalized spacial score (nSPS) is 9.92. The second-order valence-corrected chi connectivity index (χ2v) is 3.60. The number of rotatable bonds is 2. The zero-order chi connectivity index (χ0) is 9.14. The zero-order valence-corrected chi connectivity index (χ0v) is 8.12. The zero-order valence-electron chi connectivity index (χ0n) is 6.55. The number of carbonyl (C=O) groups is 1. The number of amides is 1. The summed E-state index contributed by atoms with van der Waals surface area (Å²) in [5.41, 5.74) is 2.80. The molecule has 12 heavy (non-hydrogen) atoms. The molecular formula is C6H7ClN2O2S. The molecule has 0 unspecified atom stereocenters. The molecule has 1 aromatic heterocycles. The van der Waals surface area contributed by atoms with E-state index in [1.54, 1.807) is 6.92 Å². The van der Waals surface area contributed by atoms with Crippen LogP contribution in [0, 0.1) is 6.92 Å². The third-order valence-corrected chi connectivity index (χ3v) is 2.43. The molecule has 1 N–H and O–H groups in total. The molecule has 0 atom stereocenters. The minimum atomic E-state index is -0.320. The summed E-state index contributed by atoms with van der Waals surface area (Å²) < 4.78 is 0.355. The minimum Gasteiger partial charge on any atom is -0.277 e. The molecule has 0 aliphatic rings. The van der Waals surface area contributed by atoms with Crippen LogP contribution in [0.15, 0.2) is 0 Å². The Morgan fingerprint density at radius 2 is 2.42 bits per heavy atom. The van der Waals surface area contributed by atoms with Crippen LogP contribution in [0.1, 0.15) is 15.4 Å². The first-order valence-corrected chi connectivity index (χ1v) is 4.31. The van der Waals surface area contributed by atoms with Gasteiger partial charge in [-0.05, 0) is 6.92 Å². The molecule has 0 aromatic carbocycles. The highest BCUT2D eigenvalue weighted by atomic mass is 35.5. The van der Waals surface area contributed by atoms with Gasteiger partial charge in [0.25, 0.3) is 5.91 Å². The Hall–Kier alpha value is -0.650. The maximum Gasteiger partial charge on any atom is 0.286 e. The smallest absolute Gasteiger partial charge is 0.277 e. The van der Waals surface area contributed by atoms with E-state index in [0.717, 1.165) is 11.3 Å². The fourth-order valence-corrected chi connectivity index (χ4v) is 1.75. The number of hydrogen-bond acceptors (Lipinski definition) is 4. The average Bonchev–Trinajstić information content (AvgIpc) is 2.30. The molecule has 1 amide bonds. The molecule has 66 valence electrons. The highest BCUT2D eigenvalue weighted by molar-refractivity contribution is 7.17. The van der Waals surface area contributed by atoms with Gasteiger partial charge in [0, 0.05) is 0 Å². The number of carbonyl (C=O) groups excluding carboxylic acids is 1. The molecule has 0 fully saturated rings. The predicted octanol–water partition coefficient (Wildman–Crippen LogP) is 1.40. The van der Waals surface area contributed by atoms with E-state index in [1.165, 1.54) is 7.11 Å². The van der Waals surface area contributed by atoms with Gasteiger partial charge in [0.15, 0.2) is 4.47 Å². The van der Waals surface area contributed by atoms with Crippen LogP contribution in [0.3, 0.4) is 0 Å². The van der Waals surface area contributed by atoms with Crippen molar-refractivity contribution in [1.82, 2.24) is 10.5 Å². The van der Waals surface area contributed by atoms with Crippen molar-refractivity contribution in [2.24, 2.45) is 0 Å². The van der Waals surface area contributed by atoms with Crippen molar-refractivity contribution in [2.75, 3.05) is 7.11 Å². The highest BCUT2D eigenvalue weighted by Gasteiger charge is 2.13. The summed E-state index contributed by atoms with van der Waals surface area (Å²) in [6.07, 6.45) is 0. The van der Waals surface area contributed by atoms with E-state index in [4.69, 9.17) is 11.6 Å². The van der Waals surface area contributed by atoms with E-state index >= 15 is 0 Å². The molecule has 4 nitrogen and oxygen atoms in total. The summed E-state index contributed by atoms with van der Waals surface area (Å²) in [5.74, 6) is -0.320. The number of nitrogens with one attached hydrogen (secondary N) is 1. The summed E-state index contributed by atoms with van der Waals surface area (Å²) in [6, 6.07) is 0. The van der Waals surface area contributed by atoms with Crippen LogP contribution >= 0.6 is 22.9 Å². The number of hydrogen-bond donors (Lipinski definition) is 1. The molecule has 1 heterocycles. The molecule has 0 aliphatic heterocycles. The summed E-state index contributed by atoms with van der Waals surface area (Å²) in [4.78, 5) is 20.0. The van der Waals surface area contributed by atoms with E-state index in [1.807, 2.05) is 0 Å². The van der Waals surface area contributed by atoms with Gasteiger partial charge < -0.3 is 0 Å². The number of hydroxylamine groups is 1. The first-order valence-electron chi connectivity index (χ1n) is 3.11. The minimum absolute atomic E-state index is 0.320. The van der Waals surface area contributed by atoms with Crippen LogP contribution in [-0.4, -0.2) is 18.0 Å². The topological polar surface area (TPSA) is 51.2 Å². The van der Waals surface area contributed by atoms with Gasteiger partial charge in [0.05, 0.1) is 12.8 Å². The third kappa shape index (κ3) is 1.94. The number of aryl methyl sites for hydroxylation is 1. The average molecular weight is 207 g/mol. The van der Waals surface area contributed by atoms with Crippen molar-refractivity contribution in [3.8, 4) is 0 Å². The molecule has 0 saturated heterocycles. The number of aromatic nitrogens is 1. The van der Waals surface area contributed by atoms with Crippen molar-refractivity contribution < 1.29 is 9.63 Å². The fraction of sp³-hybridized carbons (Fsp3) is 0.333. The molecule has 0 radical (unpaired) electrons. The van der Waals surface area contributed by atoms with Crippen molar-refractivity contribution in [1.29, 1.82) is 0 Å². The lowest BCUT2D eigenvalue weighted by Gasteiger charge is -1.97. The predicted molar refractivity (Wildman–Crippen MR) is 46.3 cm³/mol. The summed E-state index contributed by atoms with van der Waals surface area (Å²) in [6.45, 7) is 1.72. The molecule has 1 aromatic rings. The third-order valence-electron chi connectivity index (χ3n) is 1.17. The Bertz CT molecular complexity index is 300. The Kier molecular flexibility index (Phi) is 3.02. The molecule has 6 heteroatoms. The maximum absolute atomic E-state index is 11.2. The molecule has 0 spiro atoms. The standard InChI is InChI=1S/C6H7ClN2O2S/c1-3-4(5(10)9-11-2)12-6(7)8-3/h1-2H3,(H,9,10). The van der Waals surface area contributed by atoms with Gasteiger partial charge in [-0.2, -0.15) is 0 Å². The van der Waals surface area contributed by atoms with Gasteiger partial charge in [0.1, 0.15) is 4.88 Å². The van der Waals surface area contributed by atoms with Crippen molar-refractivity contribution >= 4 is 28.8 Å². The van der Waals surface area contributed by atoms with Crippen molar-refractivity contribution in [2.45, 2.75) is 6.92 Å². The van der Waals surface area contributed by atoms with Gasteiger partial charge in [-0.25, -0.2) is 10.5 Å². The van der Waals surface area contributed by atoms with E-state index < -0.39 is 0 Å². The lowest BCUT2D eigenvalue weighted by molar-refractivity contribution is 0.0541. The van der Waals surface area contributed by atoms with E-state index in [0.29, 0.717) is 15.0 Å². The molecule has 1 rings (SSSR count). The van der Waals surface area contributed by atoms with E-state index in [9.17, 15) is 4.79 Å². The van der Waals surface area contributed by atoms with E-state index in [2.05, 4.69) is 15.3 Å². The van der Waals surface area contributed by atoms with Crippen molar-refractivity contribution in [3.63, 3.8) is 0 Å². The Balaban J connectivity index is 2.87. The fourth-order valence-electron chi connectivity index (χ4n) is 0.713. The molecular weight excluding hydrogens is 200 g/mol. The Morgan fingerprint density at radius 3 is 2.83 bits per heavy atom. The maximum atomic E-state index is 11.2. The lowest BCUT2D eigenvalue weighted by Crippen LogP contribution is -2.21. The highest BCUT2D eigenvalue weighted by Crippen LogP contribution is 2.21. The Morgan fingerprint density at radius 1 is 1.75 bits per heavy atom. The van der Waals surface area contributed by atoms with Crippen LogP contribution in [0.5, 0.6) is 0 Å². The molecule has 0 saturated carbocycles. The van der Waals surface area contributed by atoms with Crippen LogP contribution in [0.2, 0.25) is 4.47 Å². The van der Waals surface area contributed by atoms with Gasteiger partial charge in [-0.15, -0.1) is 0 Å². The lowest BCUT2D eigenvalue weighted by atomic mass is 10.4. The van der Waals surface area contributed by atoms with Crippen molar-refractivity contribution in [3.05, 3.63) is 15.0 Å².